The van der Waals surface area contributed by atoms with Crippen LogP contribution in [0.25, 0.3) is 0 Å². The van der Waals surface area contributed by atoms with Gasteiger partial charge >= 0.3 is 0 Å². The molecule has 0 radical (unpaired) electrons. The highest BCUT2D eigenvalue weighted by Crippen LogP contribution is 2.28. The van der Waals surface area contributed by atoms with Crippen LogP contribution in [0, 0.1) is 17.5 Å². The molecule has 0 aliphatic rings. The maximum absolute atomic E-state index is 13.6. The number of sulfonamides is 1. The molecular weight excluding hydrogens is 457 g/mol. The molecule has 0 aliphatic carbocycles. The van der Waals surface area contributed by atoms with Gasteiger partial charge in [0.25, 0.3) is 15.9 Å². The lowest BCUT2D eigenvalue weighted by Crippen LogP contribution is -2.21. The Morgan fingerprint density at radius 1 is 0.935 bits per heavy atom. The highest BCUT2D eigenvalue weighted by atomic mass is 35.5. The third-order valence-corrected chi connectivity index (χ3v) is 5.55. The minimum absolute atomic E-state index is 0.0112. The summed E-state index contributed by atoms with van der Waals surface area (Å²) < 4.78 is 71.8. The second kappa shape index (κ2) is 9.27. The molecule has 0 fully saturated rings. The van der Waals surface area contributed by atoms with Crippen molar-refractivity contribution < 1.29 is 31.1 Å². The van der Waals surface area contributed by atoms with Gasteiger partial charge in [0.05, 0.1) is 15.6 Å². The molecule has 1 amide bonds. The van der Waals surface area contributed by atoms with Crippen LogP contribution in [-0.4, -0.2) is 20.9 Å². The Labute approximate surface area is 180 Å². The Kier molecular flexibility index (Phi) is 6.71. The molecule has 0 atom stereocenters. The Balaban J connectivity index is 1.64. The van der Waals surface area contributed by atoms with Gasteiger partial charge in [-0.3, -0.25) is 9.52 Å². The number of halogens is 4. The molecular formula is C20H14ClF3N2O4S. The van der Waals surface area contributed by atoms with Gasteiger partial charge in [-0.25, -0.2) is 21.6 Å². The van der Waals surface area contributed by atoms with E-state index in [0.29, 0.717) is 6.07 Å². The Morgan fingerprint density at radius 2 is 1.61 bits per heavy atom. The van der Waals surface area contributed by atoms with Crippen molar-refractivity contribution in [3.63, 3.8) is 0 Å². The van der Waals surface area contributed by atoms with Crippen molar-refractivity contribution in [2.45, 2.75) is 4.90 Å². The summed E-state index contributed by atoms with van der Waals surface area (Å²) in [5.74, 6) is -2.98. The molecule has 0 unspecified atom stereocenters. The first kappa shape index (κ1) is 22.4. The molecule has 0 aliphatic heterocycles. The average Bonchev–Trinajstić information content (AvgIpc) is 2.70. The number of carbonyl (C=O) groups is 1. The first-order valence-corrected chi connectivity index (χ1v) is 10.5. The molecule has 3 aromatic rings. The first-order chi connectivity index (χ1) is 14.6. The summed E-state index contributed by atoms with van der Waals surface area (Å²) in [7, 11) is -4.01. The van der Waals surface area contributed by atoms with Crippen LogP contribution < -0.4 is 14.8 Å². The molecule has 0 bridgehead atoms. The van der Waals surface area contributed by atoms with Crippen LogP contribution in [-0.2, 0) is 14.8 Å². The molecule has 3 rings (SSSR count). The van der Waals surface area contributed by atoms with E-state index in [9.17, 15) is 26.4 Å². The van der Waals surface area contributed by atoms with Crippen molar-refractivity contribution in [1.82, 2.24) is 0 Å². The van der Waals surface area contributed by atoms with E-state index in [2.05, 4.69) is 10.0 Å². The summed E-state index contributed by atoms with van der Waals surface area (Å²) in [6.07, 6.45) is 0. The zero-order valence-electron chi connectivity index (χ0n) is 15.5. The van der Waals surface area contributed by atoms with E-state index in [1.54, 1.807) is 0 Å². The van der Waals surface area contributed by atoms with Gasteiger partial charge in [0.15, 0.2) is 6.61 Å². The summed E-state index contributed by atoms with van der Waals surface area (Å²) in [6.45, 7) is -0.559. The quantitative estimate of drug-likeness (QED) is 0.529. The van der Waals surface area contributed by atoms with E-state index in [4.69, 9.17) is 16.3 Å². The van der Waals surface area contributed by atoms with Crippen molar-refractivity contribution in [3.05, 3.63) is 83.1 Å². The van der Waals surface area contributed by atoms with E-state index < -0.39 is 40.0 Å². The highest BCUT2D eigenvalue weighted by molar-refractivity contribution is 7.92. The third kappa shape index (κ3) is 5.89. The Morgan fingerprint density at radius 3 is 2.26 bits per heavy atom. The summed E-state index contributed by atoms with van der Waals surface area (Å²) >= 11 is 6.05. The molecule has 162 valence electrons. The van der Waals surface area contributed by atoms with E-state index >= 15 is 0 Å². The van der Waals surface area contributed by atoms with Crippen LogP contribution >= 0.6 is 11.6 Å². The van der Waals surface area contributed by atoms with Crippen molar-refractivity contribution in [1.29, 1.82) is 0 Å². The summed E-state index contributed by atoms with van der Waals surface area (Å²) in [5.41, 5.74) is -0.0723. The molecule has 0 spiro atoms. The molecule has 0 saturated heterocycles. The van der Waals surface area contributed by atoms with Crippen molar-refractivity contribution >= 4 is 38.9 Å². The lowest BCUT2D eigenvalue weighted by atomic mass is 10.3. The van der Waals surface area contributed by atoms with Gasteiger partial charge in [-0.2, -0.15) is 0 Å². The fraction of sp³-hybridized carbons (Fsp3) is 0.0500. The van der Waals surface area contributed by atoms with Crippen molar-refractivity contribution in [2.24, 2.45) is 0 Å². The number of ether oxygens (including phenoxy) is 1. The Bertz CT molecular complexity index is 1220. The lowest BCUT2D eigenvalue weighted by Gasteiger charge is -2.12. The number of hydrogen-bond donors (Lipinski definition) is 2. The minimum Gasteiger partial charge on any atom is -0.482 e. The summed E-state index contributed by atoms with van der Waals surface area (Å²) in [6, 6.07) is 10.9. The number of benzene rings is 3. The van der Waals surface area contributed by atoms with Crippen molar-refractivity contribution in [3.8, 4) is 5.75 Å². The van der Waals surface area contributed by atoms with Gasteiger partial charge in [0.1, 0.15) is 23.2 Å². The summed E-state index contributed by atoms with van der Waals surface area (Å²) in [4.78, 5) is 11.7. The smallest absolute Gasteiger partial charge is 0.262 e. The van der Waals surface area contributed by atoms with Gasteiger partial charge in [0, 0.05) is 11.8 Å². The molecule has 0 aromatic heterocycles. The highest BCUT2D eigenvalue weighted by Gasteiger charge is 2.17. The van der Waals surface area contributed by atoms with E-state index in [-0.39, 0.29) is 27.0 Å². The molecule has 31 heavy (non-hydrogen) atoms. The van der Waals surface area contributed by atoms with Crippen LogP contribution in [0.4, 0.5) is 24.5 Å². The van der Waals surface area contributed by atoms with Gasteiger partial charge in [-0.05, 0) is 54.6 Å². The van der Waals surface area contributed by atoms with Crippen LogP contribution in [0.2, 0.25) is 5.02 Å². The largest absolute Gasteiger partial charge is 0.482 e. The number of carbonyl (C=O) groups excluding carboxylic acids is 1. The van der Waals surface area contributed by atoms with Gasteiger partial charge < -0.3 is 10.1 Å². The monoisotopic (exact) mass is 470 g/mol. The number of nitrogens with one attached hydrogen (secondary N) is 2. The van der Waals surface area contributed by atoms with Crippen molar-refractivity contribution in [2.75, 3.05) is 16.6 Å². The van der Waals surface area contributed by atoms with Gasteiger partial charge in [0.2, 0.25) is 0 Å². The van der Waals surface area contributed by atoms with Crippen LogP contribution in [0.3, 0.4) is 0 Å². The predicted molar refractivity (Wildman–Crippen MR) is 109 cm³/mol. The van der Waals surface area contributed by atoms with Crippen LogP contribution in [0.15, 0.2) is 65.6 Å². The first-order valence-electron chi connectivity index (χ1n) is 8.60. The molecule has 3 aromatic carbocycles. The summed E-state index contributed by atoms with van der Waals surface area (Å²) in [5, 5.41) is 2.12. The third-order valence-electron chi connectivity index (χ3n) is 3.87. The Hall–Kier alpha value is -3.24. The van der Waals surface area contributed by atoms with Gasteiger partial charge in [-0.15, -0.1) is 0 Å². The molecule has 0 heterocycles. The molecule has 0 saturated carbocycles. The standard InChI is InChI=1S/C20H14ClF3N2O4S/c21-16-10-15(31(28,29)26-14-4-1-12(22)2-5-14)6-8-19(16)30-11-20(27)25-18-7-3-13(23)9-17(18)24/h1-10,26H,11H2,(H,25,27). The fourth-order valence-corrected chi connectivity index (χ4v) is 3.80. The predicted octanol–water partition coefficient (Wildman–Crippen LogP) is 4.58. The van der Waals surface area contributed by atoms with Crippen LogP contribution in [0.1, 0.15) is 0 Å². The average molecular weight is 471 g/mol. The second-order valence-electron chi connectivity index (χ2n) is 6.17. The molecule has 2 N–H and O–H groups in total. The number of amides is 1. The number of hydrogen-bond acceptors (Lipinski definition) is 4. The second-order valence-corrected chi connectivity index (χ2v) is 8.26. The molecule has 6 nitrogen and oxygen atoms in total. The van der Waals surface area contributed by atoms with E-state index in [1.165, 1.54) is 24.3 Å². The normalized spacial score (nSPS) is 11.1. The maximum atomic E-state index is 13.6. The van der Waals surface area contributed by atoms with E-state index in [0.717, 1.165) is 30.3 Å². The zero-order chi connectivity index (χ0) is 22.6. The number of anilines is 2. The topological polar surface area (TPSA) is 84.5 Å². The molecule has 11 heteroatoms. The zero-order valence-corrected chi connectivity index (χ0v) is 17.1. The SMILES string of the molecule is O=C(COc1ccc(S(=O)(=O)Nc2ccc(F)cc2)cc1Cl)Nc1ccc(F)cc1F. The van der Waals surface area contributed by atoms with Gasteiger partial charge in [-0.1, -0.05) is 11.6 Å². The van der Waals surface area contributed by atoms with Crippen LogP contribution in [0.5, 0.6) is 5.75 Å². The minimum atomic E-state index is -4.01. The lowest BCUT2D eigenvalue weighted by molar-refractivity contribution is -0.118. The fourth-order valence-electron chi connectivity index (χ4n) is 2.42. The van der Waals surface area contributed by atoms with E-state index in [1.807, 2.05) is 0 Å². The maximum Gasteiger partial charge on any atom is 0.262 e. The number of rotatable bonds is 7.